The molecule has 224 valence electrons. The number of ether oxygens (including phenoxy) is 1. The Morgan fingerprint density at radius 3 is 2.50 bits per heavy atom. The maximum atomic E-state index is 13.7. The first-order valence-corrected chi connectivity index (χ1v) is 15.7. The molecule has 1 aliphatic heterocycles. The highest BCUT2D eigenvalue weighted by Crippen LogP contribution is 2.28. The van der Waals surface area contributed by atoms with Crippen molar-refractivity contribution in [2.45, 2.75) is 64.8 Å². The van der Waals surface area contributed by atoms with Gasteiger partial charge < -0.3 is 14.8 Å². The van der Waals surface area contributed by atoms with E-state index in [9.17, 15) is 14.4 Å². The number of ketones is 2. The van der Waals surface area contributed by atoms with Gasteiger partial charge in [0.1, 0.15) is 5.78 Å². The number of carbonyl (C=O) groups excluding carboxylic acids is 3. The Hall–Kier alpha value is -3.20. The van der Waals surface area contributed by atoms with E-state index in [2.05, 4.69) is 42.8 Å². The highest BCUT2D eigenvalue weighted by Gasteiger charge is 2.26. The minimum absolute atomic E-state index is 0.0179. The minimum atomic E-state index is -0.530. The van der Waals surface area contributed by atoms with E-state index in [0.717, 1.165) is 33.9 Å². The maximum absolute atomic E-state index is 13.7. The smallest absolute Gasteiger partial charge is 0.224 e. The van der Waals surface area contributed by atoms with Crippen molar-refractivity contribution < 1.29 is 19.1 Å². The summed E-state index contributed by atoms with van der Waals surface area (Å²) in [5.41, 5.74) is 3.84. The number of thiazole rings is 1. The van der Waals surface area contributed by atoms with Gasteiger partial charge >= 0.3 is 0 Å². The quantitative estimate of drug-likeness (QED) is 0.235. The molecule has 7 nitrogen and oxygen atoms in total. The van der Waals surface area contributed by atoms with Gasteiger partial charge in [0.05, 0.1) is 34.4 Å². The number of amides is 1. The van der Waals surface area contributed by atoms with Crippen LogP contribution in [0.5, 0.6) is 0 Å². The van der Waals surface area contributed by atoms with Crippen molar-refractivity contribution in [3.05, 3.63) is 76.8 Å². The number of morpholine rings is 1. The van der Waals surface area contributed by atoms with Gasteiger partial charge in [0, 0.05) is 50.5 Å². The highest BCUT2D eigenvalue weighted by atomic mass is 32.1. The third kappa shape index (κ3) is 9.41. The van der Waals surface area contributed by atoms with Gasteiger partial charge in [-0.15, -0.1) is 11.3 Å². The maximum Gasteiger partial charge on any atom is 0.224 e. The average Bonchev–Trinajstić information content (AvgIpc) is 3.37. The fraction of sp³-hybridized carbons (Fsp3) is 0.471. The molecule has 4 rings (SSSR count). The summed E-state index contributed by atoms with van der Waals surface area (Å²) in [6.07, 6.45) is 1.94. The Morgan fingerprint density at radius 1 is 1.07 bits per heavy atom. The van der Waals surface area contributed by atoms with Crippen LogP contribution in [0, 0.1) is 5.92 Å². The first-order chi connectivity index (χ1) is 20.2. The van der Waals surface area contributed by atoms with Gasteiger partial charge in [-0.2, -0.15) is 0 Å². The van der Waals surface area contributed by atoms with Crippen LogP contribution in [0.4, 0.5) is 0 Å². The molecule has 0 unspecified atom stereocenters. The summed E-state index contributed by atoms with van der Waals surface area (Å²) in [7, 11) is 0. The number of nitrogens with zero attached hydrogens (tertiary/aromatic N) is 2. The van der Waals surface area contributed by atoms with Crippen LogP contribution in [0.25, 0.3) is 10.2 Å². The van der Waals surface area contributed by atoms with Crippen molar-refractivity contribution in [1.29, 1.82) is 0 Å². The van der Waals surface area contributed by atoms with Crippen molar-refractivity contribution in [3.8, 4) is 0 Å². The zero-order chi connectivity index (χ0) is 30.1. The second-order valence-electron chi connectivity index (χ2n) is 11.6. The first-order valence-electron chi connectivity index (χ1n) is 14.9. The Labute approximate surface area is 253 Å². The molecule has 42 heavy (non-hydrogen) atoms. The number of carbonyl (C=O) groups is 3. The third-order valence-electron chi connectivity index (χ3n) is 7.75. The molecule has 0 bridgehead atoms. The Morgan fingerprint density at radius 2 is 1.81 bits per heavy atom. The van der Waals surface area contributed by atoms with E-state index in [1.807, 2.05) is 36.4 Å². The summed E-state index contributed by atoms with van der Waals surface area (Å²) in [4.78, 5) is 45.9. The van der Waals surface area contributed by atoms with Gasteiger partial charge in [0.2, 0.25) is 5.91 Å². The molecular formula is C34H43N3O4S. The van der Waals surface area contributed by atoms with Crippen molar-refractivity contribution in [2.24, 2.45) is 5.92 Å². The van der Waals surface area contributed by atoms with E-state index in [-0.39, 0.29) is 29.9 Å². The van der Waals surface area contributed by atoms with E-state index in [4.69, 9.17) is 9.72 Å². The van der Waals surface area contributed by atoms with E-state index < -0.39 is 5.92 Å². The van der Waals surface area contributed by atoms with Crippen LogP contribution in [0.2, 0.25) is 0 Å². The molecule has 0 aliphatic carbocycles. The van der Waals surface area contributed by atoms with Crippen LogP contribution in [0.3, 0.4) is 0 Å². The standard InChI is InChI=1S/C34H43N3O4S/c1-23(2)27-10-12-30-32(20-27)42-33(36-30)21-28(18-25(4)38)34(40)35-29(19-26-8-6-5-7-9-26)11-13-31(39)24(3)22-37-14-16-41-17-15-37/h5-10,12,20,23,28-29H,3,11,13-19,21-22H2,1-2,4H3,(H,35,40)/t28-,29+/m0/s1. The third-order valence-corrected chi connectivity index (χ3v) is 8.79. The lowest BCUT2D eigenvalue weighted by Crippen LogP contribution is -2.42. The molecule has 2 heterocycles. The molecule has 1 N–H and O–H groups in total. The molecule has 1 amide bonds. The monoisotopic (exact) mass is 589 g/mol. The number of fused-ring (bicyclic) bond motifs is 1. The second kappa shape index (κ2) is 15.3. The predicted molar refractivity (Wildman–Crippen MR) is 169 cm³/mol. The van der Waals surface area contributed by atoms with Gasteiger partial charge in [-0.25, -0.2) is 4.98 Å². The van der Waals surface area contributed by atoms with E-state index in [0.29, 0.717) is 56.9 Å². The molecule has 0 spiro atoms. The summed E-state index contributed by atoms with van der Waals surface area (Å²) < 4.78 is 6.50. The number of nitrogens with one attached hydrogen (secondary N) is 1. The van der Waals surface area contributed by atoms with Crippen molar-refractivity contribution in [1.82, 2.24) is 15.2 Å². The van der Waals surface area contributed by atoms with Gasteiger partial charge in [-0.3, -0.25) is 14.5 Å². The molecule has 0 saturated carbocycles. The molecule has 1 fully saturated rings. The van der Waals surface area contributed by atoms with Crippen LogP contribution in [-0.2, 0) is 32.0 Å². The summed E-state index contributed by atoms with van der Waals surface area (Å²) in [6.45, 7) is 13.4. The van der Waals surface area contributed by atoms with Gasteiger partial charge in [0.15, 0.2) is 5.78 Å². The molecule has 0 radical (unpaired) electrons. The fourth-order valence-corrected chi connectivity index (χ4v) is 6.39. The lowest BCUT2D eigenvalue weighted by Gasteiger charge is -2.27. The number of benzene rings is 2. The molecule has 3 aromatic rings. The molecule has 2 atom stereocenters. The number of Topliss-reactive ketones (excluding diaryl/α,β-unsaturated/α-hetero) is 2. The van der Waals surface area contributed by atoms with Gasteiger partial charge in [-0.05, 0) is 48.9 Å². The zero-order valence-electron chi connectivity index (χ0n) is 25.1. The van der Waals surface area contributed by atoms with E-state index in [1.165, 1.54) is 12.5 Å². The molecule has 1 aliphatic rings. The first kappa shape index (κ1) is 31.7. The lowest BCUT2D eigenvalue weighted by atomic mass is 9.95. The topological polar surface area (TPSA) is 88.6 Å². The van der Waals surface area contributed by atoms with Gasteiger partial charge in [-0.1, -0.05) is 56.8 Å². The molecule has 1 aromatic heterocycles. The van der Waals surface area contributed by atoms with Gasteiger partial charge in [0.25, 0.3) is 0 Å². The van der Waals surface area contributed by atoms with Crippen molar-refractivity contribution in [3.63, 3.8) is 0 Å². The number of hydrogen-bond acceptors (Lipinski definition) is 7. The SMILES string of the molecule is C=C(CN1CCOCC1)C(=O)CC[C@H](Cc1ccccc1)NC(=O)[C@@H](CC(C)=O)Cc1nc2ccc(C(C)C)cc2s1. The summed E-state index contributed by atoms with van der Waals surface area (Å²) in [6, 6.07) is 16.0. The molecule has 2 aromatic carbocycles. The molecule has 8 heteroatoms. The van der Waals surface area contributed by atoms with E-state index >= 15 is 0 Å². The Bertz CT molecular complexity index is 1380. The highest BCUT2D eigenvalue weighted by molar-refractivity contribution is 7.18. The van der Waals surface area contributed by atoms with Crippen molar-refractivity contribution in [2.75, 3.05) is 32.8 Å². The van der Waals surface area contributed by atoms with Crippen LogP contribution in [0.1, 0.15) is 62.1 Å². The van der Waals surface area contributed by atoms with Crippen molar-refractivity contribution >= 4 is 39.0 Å². The number of hydrogen-bond donors (Lipinski definition) is 1. The van der Waals surface area contributed by atoms with Crippen LogP contribution in [-0.4, -0.2) is 66.2 Å². The normalized spacial score (nSPS) is 15.4. The Kier molecular flexibility index (Phi) is 11.6. The predicted octanol–water partition coefficient (Wildman–Crippen LogP) is 5.52. The molecule has 1 saturated heterocycles. The fourth-order valence-electron chi connectivity index (χ4n) is 5.29. The largest absolute Gasteiger partial charge is 0.379 e. The average molecular weight is 590 g/mol. The second-order valence-corrected chi connectivity index (χ2v) is 12.8. The molecular weight excluding hydrogens is 546 g/mol. The summed E-state index contributed by atoms with van der Waals surface area (Å²) in [5.74, 6) is -0.302. The van der Waals surface area contributed by atoms with Crippen LogP contribution < -0.4 is 5.32 Å². The van der Waals surface area contributed by atoms with Crippen LogP contribution >= 0.6 is 11.3 Å². The van der Waals surface area contributed by atoms with E-state index in [1.54, 1.807) is 11.3 Å². The number of aromatic nitrogens is 1. The zero-order valence-corrected chi connectivity index (χ0v) is 25.9. The minimum Gasteiger partial charge on any atom is -0.379 e. The van der Waals surface area contributed by atoms with Crippen LogP contribution in [0.15, 0.2) is 60.7 Å². The Balaban J connectivity index is 1.44. The summed E-state index contributed by atoms with van der Waals surface area (Å²) >= 11 is 1.59. The lowest BCUT2D eigenvalue weighted by molar-refractivity contribution is -0.129. The number of rotatable bonds is 15. The summed E-state index contributed by atoms with van der Waals surface area (Å²) in [5, 5.41) is 4.05.